The zero-order chi connectivity index (χ0) is 27.4. The molecule has 0 radical (unpaired) electrons. The van der Waals surface area contributed by atoms with Crippen LogP contribution in [0.25, 0.3) is 0 Å². The second-order valence-corrected chi connectivity index (χ2v) is 6.88. The van der Waals surface area contributed by atoms with E-state index in [1.807, 2.05) is 30.3 Å². The van der Waals surface area contributed by atoms with E-state index >= 15 is 0 Å². The number of benzene rings is 1. The monoisotopic (exact) mass is 490 g/mol. The van der Waals surface area contributed by atoms with Gasteiger partial charge in [0.1, 0.15) is 18.1 Å². The van der Waals surface area contributed by atoms with Crippen LogP contribution in [0.1, 0.15) is 25.8 Å². The van der Waals surface area contributed by atoms with E-state index in [1.165, 1.54) is 0 Å². The normalized spacial score (nSPS) is 12.1. The van der Waals surface area contributed by atoms with Gasteiger partial charge in [0.15, 0.2) is 0 Å². The van der Waals surface area contributed by atoms with Crippen molar-refractivity contribution in [3.8, 4) is 0 Å². The lowest BCUT2D eigenvalue weighted by molar-refractivity contribution is -0.144. The highest BCUT2D eigenvalue weighted by atomic mass is 16.4. The molecule has 0 aliphatic rings. The van der Waals surface area contributed by atoms with Gasteiger partial charge in [-0.2, -0.15) is 0 Å². The van der Waals surface area contributed by atoms with Crippen molar-refractivity contribution in [2.24, 2.45) is 28.9 Å². The summed E-state index contributed by atoms with van der Waals surface area (Å²) < 4.78 is 0. The summed E-state index contributed by atoms with van der Waals surface area (Å²) in [6, 6.07) is 6.54. The van der Waals surface area contributed by atoms with Gasteiger partial charge in [-0.1, -0.05) is 44.2 Å². The second-order valence-electron chi connectivity index (χ2n) is 6.88. The molecule has 14 nitrogen and oxygen atoms in total. The lowest BCUT2D eigenvalue weighted by atomic mass is 10.1. The van der Waals surface area contributed by atoms with Crippen LogP contribution < -0.4 is 22.9 Å². The Kier molecular flexibility index (Phi) is 20.6. The molecule has 1 rings (SSSR count). The predicted octanol–water partition coefficient (Wildman–Crippen LogP) is -1.40. The van der Waals surface area contributed by atoms with E-state index in [0.29, 0.717) is 6.42 Å². The molecule has 1 aromatic rings. The molecule has 0 bridgehead atoms. The molecule has 0 amide bonds. The molecule has 1 unspecified atom stereocenters. The van der Waals surface area contributed by atoms with Gasteiger partial charge in [0.05, 0.1) is 13.0 Å². The summed E-state index contributed by atoms with van der Waals surface area (Å²) in [5.74, 6) is -5.33. The number of rotatable bonds is 9. The topological polar surface area (TPSA) is 291 Å². The van der Waals surface area contributed by atoms with E-state index in [0.717, 1.165) is 5.56 Å². The number of nitrogens with two attached hydrogens (primary N) is 4. The zero-order valence-electron chi connectivity index (χ0n) is 18.9. The van der Waals surface area contributed by atoms with Crippen molar-refractivity contribution in [3.05, 3.63) is 35.9 Å². The van der Waals surface area contributed by atoms with Crippen LogP contribution in [0.15, 0.2) is 30.3 Å². The van der Waals surface area contributed by atoms with Crippen LogP contribution in [0, 0.1) is 5.92 Å². The fourth-order valence-electron chi connectivity index (χ4n) is 1.52. The van der Waals surface area contributed by atoms with Gasteiger partial charge in [-0.25, -0.2) is 0 Å². The molecule has 1 aromatic carbocycles. The smallest absolute Gasteiger partial charge is 0.321 e. The van der Waals surface area contributed by atoms with Crippen LogP contribution in [0.2, 0.25) is 0 Å². The average molecular weight is 491 g/mol. The molecule has 0 fully saturated rings. The Morgan fingerprint density at radius 1 is 0.735 bits per heavy atom. The van der Waals surface area contributed by atoms with E-state index in [4.69, 9.17) is 42.7 Å². The summed E-state index contributed by atoms with van der Waals surface area (Å²) in [4.78, 5) is 49.3. The SMILES string of the molecule is CC(C)[C@H](N)C(=O)O.NC(CC(=O)O)C(=O)O.NCC(=O)O.N[C@@H](Cc1ccccc1)C(=O)O. The number of hydrogen-bond acceptors (Lipinski definition) is 9. The average Bonchev–Trinajstić information content (AvgIpc) is 2.74. The summed E-state index contributed by atoms with van der Waals surface area (Å²) in [7, 11) is 0. The van der Waals surface area contributed by atoms with Crippen molar-refractivity contribution in [2.45, 2.75) is 44.8 Å². The number of carbonyl (C=O) groups is 5. The Morgan fingerprint density at radius 2 is 1.15 bits per heavy atom. The maximum Gasteiger partial charge on any atom is 0.321 e. The minimum atomic E-state index is -1.29. The van der Waals surface area contributed by atoms with Crippen molar-refractivity contribution in [2.75, 3.05) is 6.54 Å². The van der Waals surface area contributed by atoms with Crippen LogP contribution in [0.4, 0.5) is 0 Å². The van der Waals surface area contributed by atoms with Gasteiger partial charge in [0.25, 0.3) is 0 Å². The zero-order valence-corrected chi connectivity index (χ0v) is 18.9. The molecule has 0 saturated carbocycles. The molecule has 0 saturated heterocycles. The van der Waals surface area contributed by atoms with E-state index in [9.17, 15) is 24.0 Å². The third-order valence-corrected chi connectivity index (χ3v) is 3.51. The standard InChI is InChI=1S/C9H11NO2.C5H11NO2.C4H7NO4.C2H5NO2/c10-8(9(11)12)6-7-4-2-1-3-5-7;1-3(2)4(6)5(7)8;5-2(4(8)9)1-3(6)7;3-1-2(4)5/h1-5,8H,6,10H2,(H,11,12);3-4H,6H2,1-2H3,(H,7,8);2H,1,5H2,(H,6,7)(H,8,9);1,3H2,(H,4,5)/t8-;4-;;/m00../s1. The fraction of sp³-hybridized carbons (Fsp3) is 0.450. The first-order valence-electron chi connectivity index (χ1n) is 9.69. The molecular formula is C20H34N4O10. The summed E-state index contributed by atoms with van der Waals surface area (Å²) >= 11 is 0. The van der Waals surface area contributed by atoms with Crippen LogP contribution in [0.5, 0.6) is 0 Å². The van der Waals surface area contributed by atoms with Gasteiger partial charge in [-0.05, 0) is 17.9 Å². The largest absolute Gasteiger partial charge is 0.481 e. The second kappa shape index (κ2) is 20.0. The van der Waals surface area contributed by atoms with Gasteiger partial charge in [0, 0.05) is 0 Å². The number of carboxylic acid groups (broad SMARTS) is 5. The minimum Gasteiger partial charge on any atom is -0.481 e. The van der Waals surface area contributed by atoms with Crippen LogP contribution in [0.3, 0.4) is 0 Å². The molecule has 34 heavy (non-hydrogen) atoms. The van der Waals surface area contributed by atoms with E-state index in [2.05, 4.69) is 5.73 Å². The summed E-state index contributed by atoms with van der Waals surface area (Å²) in [5.41, 5.74) is 20.9. The Labute approximate surface area is 196 Å². The summed E-state index contributed by atoms with van der Waals surface area (Å²) in [6.07, 6.45) is -0.147. The summed E-state index contributed by atoms with van der Waals surface area (Å²) in [6.45, 7) is 3.28. The predicted molar refractivity (Wildman–Crippen MR) is 121 cm³/mol. The Morgan fingerprint density at radius 3 is 1.35 bits per heavy atom. The molecule has 194 valence electrons. The quantitative estimate of drug-likeness (QED) is 0.192. The third-order valence-electron chi connectivity index (χ3n) is 3.51. The highest BCUT2D eigenvalue weighted by Gasteiger charge is 2.15. The van der Waals surface area contributed by atoms with Crippen molar-refractivity contribution in [3.63, 3.8) is 0 Å². The maximum absolute atomic E-state index is 10.4. The van der Waals surface area contributed by atoms with Crippen LogP contribution >= 0.6 is 0 Å². The van der Waals surface area contributed by atoms with Gasteiger partial charge in [0.2, 0.25) is 0 Å². The first-order valence-corrected chi connectivity index (χ1v) is 9.69. The van der Waals surface area contributed by atoms with Crippen LogP contribution in [-0.2, 0) is 30.4 Å². The first kappa shape index (κ1) is 35.0. The number of aliphatic carboxylic acids is 5. The Balaban J connectivity index is -0.000000395. The molecule has 0 aliphatic carbocycles. The highest BCUT2D eigenvalue weighted by molar-refractivity contribution is 5.80. The van der Waals surface area contributed by atoms with Crippen molar-refractivity contribution in [1.29, 1.82) is 0 Å². The Hall–Kier alpha value is -3.59. The summed E-state index contributed by atoms with van der Waals surface area (Å²) in [5, 5.41) is 40.4. The molecule has 0 aliphatic heterocycles. The van der Waals surface area contributed by atoms with E-state index in [1.54, 1.807) is 13.8 Å². The van der Waals surface area contributed by atoms with Crippen molar-refractivity contribution in [1.82, 2.24) is 0 Å². The molecule has 0 spiro atoms. The van der Waals surface area contributed by atoms with Gasteiger partial charge in [-0.15, -0.1) is 0 Å². The molecule has 14 heteroatoms. The van der Waals surface area contributed by atoms with Crippen molar-refractivity contribution < 1.29 is 49.5 Å². The molecule has 3 atom stereocenters. The third kappa shape index (κ3) is 23.1. The van der Waals surface area contributed by atoms with Crippen LogP contribution in [-0.4, -0.2) is 80.0 Å². The van der Waals surface area contributed by atoms with E-state index < -0.39 is 54.4 Å². The number of hydrogen-bond donors (Lipinski definition) is 9. The van der Waals surface area contributed by atoms with Gasteiger partial charge >= 0.3 is 29.8 Å². The molecule has 0 aromatic heterocycles. The first-order chi connectivity index (χ1) is 15.6. The molecule has 0 heterocycles. The van der Waals surface area contributed by atoms with Gasteiger partial charge in [-0.3, -0.25) is 24.0 Å². The number of carboxylic acids is 5. The van der Waals surface area contributed by atoms with Gasteiger partial charge < -0.3 is 48.5 Å². The van der Waals surface area contributed by atoms with Crippen molar-refractivity contribution >= 4 is 29.8 Å². The maximum atomic E-state index is 10.4. The lowest BCUT2D eigenvalue weighted by Crippen LogP contribution is -2.34. The molecule has 13 N–H and O–H groups in total. The van der Waals surface area contributed by atoms with E-state index in [-0.39, 0.29) is 12.5 Å². The Bertz CT molecular complexity index is 759. The lowest BCUT2D eigenvalue weighted by Gasteiger charge is -2.07. The minimum absolute atomic E-state index is 0.0208. The molecular weight excluding hydrogens is 456 g/mol. The highest BCUT2D eigenvalue weighted by Crippen LogP contribution is 2.01. The fourth-order valence-corrected chi connectivity index (χ4v) is 1.52.